The van der Waals surface area contributed by atoms with Gasteiger partial charge in [0.05, 0.1) is 6.10 Å². The molecule has 2 aromatic carbocycles. The zero-order chi connectivity index (χ0) is 14.5. The number of thioether (sulfide) groups is 1. The highest BCUT2D eigenvalue weighted by Gasteiger charge is 2.21. The van der Waals surface area contributed by atoms with Crippen LogP contribution in [0.3, 0.4) is 0 Å². The topological polar surface area (TPSA) is 46.2 Å². The Kier molecular flexibility index (Phi) is 5.17. The molecule has 2 rings (SSSR count). The van der Waals surface area contributed by atoms with Gasteiger partial charge in [-0.15, -0.1) is 11.8 Å². The average molecular weight is 291 g/mol. The van der Waals surface area contributed by atoms with E-state index in [1.165, 1.54) is 12.1 Å². The number of benzene rings is 2. The van der Waals surface area contributed by atoms with Crippen LogP contribution < -0.4 is 5.73 Å². The van der Waals surface area contributed by atoms with Crippen LogP contribution in [-0.2, 0) is 0 Å². The van der Waals surface area contributed by atoms with Gasteiger partial charge >= 0.3 is 0 Å². The fraction of sp³-hybridized carbons (Fsp3) is 0.250. The second kappa shape index (κ2) is 6.88. The van der Waals surface area contributed by atoms with E-state index in [0.717, 1.165) is 16.0 Å². The van der Waals surface area contributed by atoms with Gasteiger partial charge in [-0.25, -0.2) is 4.39 Å². The molecular formula is C16H18FNOS. The SMILES string of the molecule is CSc1ccc(C(O)C(CN)c2ccc(F)cc2)cc1. The molecule has 0 amide bonds. The molecule has 106 valence electrons. The van der Waals surface area contributed by atoms with Crippen molar-refractivity contribution in [3.8, 4) is 0 Å². The Morgan fingerprint density at radius 2 is 1.60 bits per heavy atom. The van der Waals surface area contributed by atoms with Crippen molar-refractivity contribution < 1.29 is 9.50 Å². The van der Waals surface area contributed by atoms with Crippen molar-refractivity contribution in [3.63, 3.8) is 0 Å². The van der Waals surface area contributed by atoms with Crippen LogP contribution in [0.2, 0.25) is 0 Å². The highest BCUT2D eigenvalue weighted by Crippen LogP contribution is 2.31. The number of hydrogen-bond donors (Lipinski definition) is 2. The zero-order valence-electron chi connectivity index (χ0n) is 11.3. The van der Waals surface area contributed by atoms with Crippen molar-refractivity contribution >= 4 is 11.8 Å². The van der Waals surface area contributed by atoms with Gasteiger partial charge < -0.3 is 10.8 Å². The molecule has 2 unspecified atom stereocenters. The Bertz CT molecular complexity index is 541. The minimum absolute atomic E-state index is 0.240. The Morgan fingerprint density at radius 3 is 2.10 bits per heavy atom. The molecule has 0 spiro atoms. The molecule has 0 fully saturated rings. The van der Waals surface area contributed by atoms with Crippen molar-refractivity contribution in [2.24, 2.45) is 5.73 Å². The van der Waals surface area contributed by atoms with E-state index < -0.39 is 6.10 Å². The smallest absolute Gasteiger partial charge is 0.123 e. The molecule has 0 aromatic heterocycles. The third-order valence-corrected chi connectivity index (χ3v) is 4.13. The minimum atomic E-state index is -0.693. The minimum Gasteiger partial charge on any atom is -0.388 e. The molecule has 2 atom stereocenters. The normalized spacial score (nSPS) is 14.0. The Labute approximate surface area is 122 Å². The number of nitrogens with two attached hydrogens (primary N) is 1. The largest absolute Gasteiger partial charge is 0.388 e. The van der Waals surface area contributed by atoms with Crippen LogP contribution in [0.15, 0.2) is 53.4 Å². The van der Waals surface area contributed by atoms with Crippen LogP contribution in [0.1, 0.15) is 23.1 Å². The molecule has 2 nitrogen and oxygen atoms in total. The van der Waals surface area contributed by atoms with Crippen LogP contribution in [0.4, 0.5) is 4.39 Å². The van der Waals surface area contributed by atoms with Gasteiger partial charge in [-0.1, -0.05) is 24.3 Å². The molecule has 20 heavy (non-hydrogen) atoms. The van der Waals surface area contributed by atoms with Gasteiger partial charge in [0.1, 0.15) is 5.82 Å². The van der Waals surface area contributed by atoms with Crippen LogP contribution in [0.5, 0.6) is 0 Å². The lowest BCUT2D eigenvalue weighted by molar-refractivity contribution is 0.147. The quantitative estimate of drug-likeness (QED) is 0.831. The lowest BCUT2D eigenvalue weighted by Crippen LogP contribution is -2.20. The molecule has 3 N–H and O–H groups in total. The first-order valence-electron chi connectivity index (χ1n) is 6.43. The van der Waals surface area contributed by atoms with E-state index in [2.05, 4.69) is 0 Å². The molecular weight excluding hydrogens is 273 g/mol. The summed E-state index contributed by atoms with van der Waals surface area (Å²) >= 11 is 1.65. The number of aliphatic hydroxyl groups is 1. The Morgan fingerprint density at radius 1 is 1.05 bits per heavy atom. The summed E-state index contributed by atoms with van der Waals surface area (Å²) in [4.78, 5) is 1.15. The number of hydrogen-bond acceptors (Lipinski definition) is 3. The van der Waals surface area contributed by atoms with E-state index in [-0.39, 0.29) is 11.7 Å². The molecule has 0 saturated carbocycles. The summed E-state index contributed by atoms with van der Waals surface area (Å²) in [5.41, 5.74) is 7.44. The summed E-state index contributed by atoms with van der Waals surface area (Å²) in [6, 6.07) is 13.9. The molecule has 0 aliphatic rings. The van der Waals surface area contributed by atoms with Crippen molar-refractivity contribution in [1.29, 1.82) is 0 Å². The van der Waals surface area contributed by atoms with Gasteiger partial charge in [0.15, 0.2) is 0 Å². The van der Waals surface area contributed by atoms with Crippen molar-refractivity contribution in [2.45, 2.75) is 16.9 Å². The van der Waals surface area contributed by atoms with Gasteiger partial charge in [0.25, 0.3) is 0 Å². The van der Waals surface area contributed by atoms with E-state index in [0.29, 0.717) is 6.54 Å². The maximum absolute atomic E-state index is 13.0. The van der Waals surface area contributed by atoms with Gasteiger partial charge in [0, 0.05) is 17.4 Å². The van der Waals surface area contributed by atoms with Gasteiger partial charge in [-0.2, -0.15) is 0 Å². The molecule has 0 saturated heterocycles. The highest BCUT2D eigenvalue weighted by atomic mass is 32.2. The summed E-state index contributed by atoms with van der Waals surface area (Å²) in [5.74, 6) is -0.529. The third-order valence-electron chi connectivity index (χ3n) is 3.39. The lowest BCUT2D eigenvalue weighted by Gasteiger charge is -2.22. The van der Waals surface area contributed by atoms with Crippen LogP contribution in [-0.4, -0.2) is 17.9 Å². The second-order valence-electron chi connectivity index (χ2n) is 4.61. The fourth-order valence-corrected chi connectivity index (χ4v) is 2.60. The second-order valence-corrected chi connectivity index (χ2v) is 5.49. The first-order valence-corrected chi connectivity index (χ1v) is 7.65. The van der Waals surface area contributed by atoms with E-state index in [9.17, 15) is 9.50 Å². The number of aliphatic hydroxyl groups excluding tert-OH is 1. The maximum Gasteiger partial charge on any atom is 0.123 e. The van der Waals surface area contributed by atoms with E-state index in [4.69, 9.17) is 5.73 Å². The first kappa shape index (κ1) is 15.0. The van der Waals surface area contributed by atoms with Gasteiger partial charge in [0.2, 0.25) is 0 Å². The average Bonchev–Trinajstić information content (AvgIpc) is 2.50. The number of rotatable bonds is 5. The molecule has 2 aromatic rings. The van der Waals surface area contributed by atoms with Crippen LogP contribution >= 0.6 is 11.8 Å². The monoisotopic (exact) mass is 291 g/mol. The summed E-state index contributed by atoms with van der Waals surface area (Å²) in [5, 5.41) is 10.5. The van der Waals surface area contributed by atoms with Crippen LogP contribution in [0, 0.1) is 5.82 Å². The lowest BCUT2D eigenvalue weighted by atomic mass is 9.89. The first-order chi connectivity index (χ1) is 9.65. The predicted octanol–water partition coefficient (Wildman–Crippen LogP) is 3.32. The summed E-state index contributed by atoms with van der Waals surface area (Å²) in [6.07, 6.45) is 1.31. The van der Waals surface area contributed by atoms with Crippen molar-refractivity contribution in [3.05, 3.63) is 65.5 Å². The molecule has 0 radical (unpaired) electrons. The molecule has 0 aliphatic carbocycles. The Hall–Kier alpha value is -1.36. The summed E-state index contributed by atoms with van der Waals surface area (Å²) in [6.45, 7) is 0.303. The number of halogens is 1. The van der Waals surface area contributed by atoms with E-state index in [1.54, 1.807) is 23.9 Å². The highest BCUT2D eigenvalue weighted by molar-refractivity contribution is 7.98. The van der Waals surface area contributed by atoms with Crippen molar-refractivity contribution in [1.82, 2.24) is 0 Å². The third kappa shape index (κ3) is 3.39. The maximum atomic E-state index is 13.0. The van der Waals surface area contributed by atoms with Crippen molar-refractivity contribution in [2.75, 3.05) is 12.8 Å². The zero-order valence-corrected chi connectivity index (χ0v) is 12.1. The molecule has 0 heterocycles. The van der Waals surface area contributed by atoms with E-state index >= 15 is 0 Å². The molecule has 0 bridgehead atoms. The molecule has 0 aliphatic heterocycles. The van der Waals surface area contributed by atoms with Crippen LogP contribution in [0.25, 0.3) is 0 Å². The standard InChI is InChI=1S/C16H18FNOS/c1-20-14-8-4-12(5-9-14)16(19)15(10-18)11-2-6-13(17)7-3-11/h2-9,15-16,19H,10,18H2,1H3. The van der Waals surface area contributed by atoms with Gasteiger partial charge in [-0.05, 0) is 41.6 Å². The van der Waals surface area contributed by atoms with Gasteiger partial charge in [-0.3, -0.25) is 0 Å². The molecule has 4 heteroatoms. The summed E-state index contributed by atoms with van der Waals surface area (Å²) < 4.78 is 13.0. The predicted molar refractivity (Wildman–Crippen MR) is 81.4 cm³/mol. The Balaban J connectivity index is 2.23. The fourth-order valence-electron chi connectivity index (χ4n) is 2.19. The summed E-state index contributed by atoms with van der Waals surface area (Å²) in [7, 11) is 0. The van der Waals surface area contributed by atoms with E-state index in [1.807, 2.05) is 30.5 Å².